The molecule has 1 aliphatic carbocycles. The highest BCUT2D eigenvalue weighted by Gasteiger charge is 2.33. The minimum atomic E-state index is 0.0878. The summed E-state index contributed by atoms with van der Waals surface area (Å²) in [5, 5.41) is 9.31. The van der Waals surface area contributed by atoms with Crippen LogP contribution in [0.2, 0.25) is 0 Å². The van der Waals surface area contributed by atoms with Crippen molar-refractivity contribution < 1.29 is 0 Å². The first kappa shape index (κ1) is 10.1. The average molecular weight is 258 g/mol. The van der Waals surface area contributed by atoms with Crippen molar-refractivity contribution in [2.75, 3.05) is 0 Å². The van der Waals surface area contributed by atoms with Crippen LogP contribution in [-0.4, -0.2) is 14.8 Å². The topological polar surface area (TPSA) is 30.7 Å². The molecule has 1 aliphatic rings. The Morgan fingerprint density at radius 2 is 2.00 bits per heavy atom. The minimum absolute atomic E-state index is 0.0878. The van der Waals surface area contributed by atoms with Crippen molar-refractivity contribution in [3.63, 3.8) is 0 Å². The van der Waals surface area contributed by atoms with Gasteiger partial charge in [-0.05, 0) is 33.6 Å². The molecule has 4 heteroatoms. The number of aromatic nitrogens is 3. The fourth-order valence-electron chi connectivity index (χ4n) is 1.75. The zero-order valence-corrected chi connectivity index (χ0v) is 10.5. The Morgan fingerprint density at radius 3 is 2.43 bits per heavy atom. The molecule has 0 aromatic carbocycles. The number of alkyl halides is 1. The second kappa shape index (κ2) is 3.33. The Bertz CT molecular complexity index is 334. The van der Waals surface area contributed by atoms with Crippen LogP contribution in [-0.2, 0) is 10.9 Å². The summed E-state index contributed by atoms with van der Waals surface area (Å²) in [6.45, 7) is 6.61. The van der Waals surface area contributed by atoms with Crippen molar-refractivity contribution in [3.8, 4) is 0 Å². The van der Waals surface area contributed by atoms with Gasteiger partial charge in [-0.25, -0.2) is 0 Å². The second-order valence-electron chi connectivity index (χ2n) is 4.89. The molecule has 1 saturated carbocycles. The van der Waals surface area contributed by atoms with E-state index in [1.165, 1.54) is 18.7 Å². The van der Waals surface area contributed by atoms with Gasteiger partial charge in [-0.15, -0.1) is 10.2 Å². The molecule has 0 aliphatic heterocycles. The third kappa shape index (κ3) is 1.72. The second-order valence-corrected chi connectivity index (χ2v) is 5.45. The van der Waals surface area contributed by atoms with Crippen molar-refractivity contribution in [3.05, 3.63) is 11.6 Å². The Morgan fingerprint density at radius 1 is 1.36 bits per heavy atom. The van der Waals surface area contributed by atoms with E-state index in [9.17, 15) is 0 Å². The van der Waals surface area contributed by atoms with E-state index in [2.05, 4.69) is 51.5 Å². The SMILES string of the molecule is CC(C)(C)n1c(CBr)nnc1C1CC1. The lowest BCUT2D eigenvalue weighted by Gasteiger charge is -2.24. The van der Waals surface area contributed by atoms with Gasteiger partial charge in [-0.3, -0.25) is 0 Å². The van der Waals surface area contributed by atoms with Crippen molar-refractivity contribution in [2.45, 2.75) is 50.4 Å². The van der Waals surface area contributed by atoms with Crippen LogP contribution in [0.15, 0.2) is 0 Å². The number of halogens is 1. The summed E-state index contributed by atoms with van der Waals surface area (Å²) in [5.41, 5.74) is 0.0878. The van der Waals surface area contributed by atoms with Crippen LogP contribution in [0, 0.1) is 0 Å². The lowest BCUT2D eigenvalue weighted by atomic mass is 10.1. The lowest BCUT2D eigenvalue weighted by molar-refractivity contribution is 0.373. The third-order valence-electron chi connectivity index (χ3n) is 2.49. The quantitative estimate of drug-likeness (QED) is 0.764. The molecule has 0 radical (unpaired) electrons. The summed E-state index contributed by atoms with van der Waals surface area (Å²) in [4.78, 5) is 0. The predicted molar refractivity (Wildman–Crippen MR) is 59.6 cm³/mol. The largest absolute Gasteiger partial charge is 0.309 e. The van der Waals surface area contributed by atoms with E-state index in [1.54, 1.807) is 0 Å². The van der Waals surface area contributed by atoms with Gasteiger partial charge in [0, 0.05) is 11.5 Å². The first-order valence-corrected chi connectivity index (χ1v) is 6.17. The van der Waals surface area contributed by atoms with E-state index in [1.807, 2.05) is 0 Å². The zero-order valence-electron chi connectivity index (χ0n) is 8.92. The van der Waals surface area contributed by atoms with E-state index >= 15 is 0 Å². The molecule has 0 N–H and O–H groups in total. The van der Waals surface area contributed by atoms with Crippen molar-refractivity contribution in [1.82, 2.24) is 14.8 Å². The van der Waals surface area contributed by atoms with Crippen molar-refractivity contribution in [2.24, 2.45) is 0 Å². The van der Waals surface area contributed by atoms with E-state index in [0.717, 1.165) is 11.2 Å². The maximum atomic E-state index is 4.30. The van der Waals surface area contributed by atoms with Crippen LogP contribution in [0.5, 0.6) is 0 Å². The number of hydrogen-bond acceptors (Lipinski definition) is 2. The van der Waals surface area contributed by atoms with Crippen molar-refractivity contribution in [1.29, 1.82) is 0 Å². The van der Waals surface area contributed by atoms with E-state index < -0.39 is 0 Å². The summed E-state index contributed by atoms with van der Waals surface area (Å²) in [5.74, 6) is 2.88. The van der Waals surface area contributed by atoms with Crippen molar-refractivity contribution >= 4 is 15.9 Å². The standard InChI is InChI=1S/C10H16BrN3/c1-10(2,3)14-8(6-11)12-13-9(14)7-4-5-7/h7H,4-6H2,1-3H3. The molecule has 1 aromatic rings. The molecule has 0 saturated heterocycles. The summed E-state index contributed by atoms with van der Waals surface area (Å²) in [6.07, 6.45) is 2.55. The molecule has 0 unspecified atom stereocenters. The van der Waals surface area contributed by atoms with Crippen LogP contribution in [0.1, 0.15) is 51.2 Å². The van der Waals surface area contributed by atoms with Gasteiger partial charge in [0.2, 0.25) is 0 Å². The molecular formula is C10H16BrN3. The molecule has 14 heavy (non-hydrogen) atoms. The van der Waals surface area contributed by atoms with Crippen LogP contribution in [0.4, 0.5) is 0 Å². The zero-order chi connectivity index (χ0) is 10.3. The fraction of sp³-hybridized carbons (Fsp3) is 0.800. The molecule has 1 heterocycles. The van der Waals surface area contributed by atoms with Crippen LogP contribution < -0.4 is 0 Å². The minimum Gasteiger partial charge on any atom is -0.309 e. The van der Waals surface area contributed by atoms with Gasteiger partial charge in [-0.2, -0.15) is 0 Å². The molecule has 1 aromatic heterocycles. The van der Waals surface area contributed by atoms with E-state index in [4.69, 9.17) is 0 Å². The van der Waals surface area contributed by atoms with Gasteiger partial charge < -0.3 is 4.57 Å². The predicted octanol–water partition coefficient (Wildman–Crippen LogP) is 2.81. The van der Waals surface area contributed by atoms with Gasteiger partial charge in [0.25, 0.3) is 0 Å². The van der Waals surface area contributed by atoms with Crippen LogP contribution in [0.3, 0.4) is 0 Å². The third-order valence-corrected chi connectivity index (χ3v) is 2.99. The normalized spacial score (nSPS) is 17.4. The van der Waals surface area contributed by atoms with E-state index in [0.29, 0.717) is 5.92 Å². The Balaban J connectivity index is 2.45. The number of nitrogens with zero attached hydrogens (tertiary/aromatic N) is 3. The summed E-state index contributed by atoms with van der Waals surface area (Å²) < 4.78 is 2.28. The summed E-state index contributed by atoms with van der Waals surface area (Å²) in [7, 11) is 0. The fourth-order valence-corrected chi connectivity index (χ4v) is 2.12. The highest BCUT2D eigenvalue weighted by Crippen LogP contribution is 2.40. The Kier molecular flexibility index (Phi) is 2.41. The van der Waals surface area contributed by atoms with Gasteiger partial charge in [0.15, 0.2) is 0 Å². The first-order chi connectivity index (χ1) is 6.54. The molecule has 78 valence electrons. The Labute approximate surface area is 93.0 Å². The van der Waals surface area contributed by atoms with Gasteiger partial charge in [0.1, 0.15) is 11.6 Å². The van der Waals surface area contributed by atoms with Gasteiger partial charge in [-0.1, -0.05) is 15.9 Å². The number of rotatable bonds is 2. The smallest absolute Gasteiger partial charge is 0.144 e. The molecule has 3 nitrogen and oxygen atoms in total. The molecule has 1 fully saturated rings. The monoisotopic (exact) mass is 257 g/mol. The highest BCUT2D eigenvalue weighted by atomic mass is 79.9. The molecule has 0 spiro atoms. The molecule has 2 rings (SSSR count). The van der Waals surface area contributed by atoms with Crippen LogP contribution >= 0.6 is 15.9 Å². The molecular weight excluding hydrogens is 242 g/mol. The molecule has 0 bridgehead atoms. The lowest BCUT2D eigenvalue weighted by Crippen LogP contribution is -2.25. The first-order valence-electron chi connectivity index (χ1n) is 5.04. The maximum Gasteiger partial charge on any atom is 0.144 e. The van der Waals surface area contributed by atoms with Gasteiger partial charge in [0.05, 0.1) is 5.33 Å². The van der Waals surface area contributed by atoms with Gasteiger partial charge >= 0.3 is 0 Å². The van der Waals surface area contributed by atoms with Crippen LogP contribution in [0.25, 0.3) is 0 Å². The summed E-state index contributed by atoms with van der Waals surface area (Å²) >= 11 is 3.46. The Hall–Kier alpha value is -0.380. The average Bonchev–Trinajstić information content (AvgIpc) is 2.82. The van der Waals surface area contributed by atoms with E-state index in [-0.39, 0.29) is 5.54 Å². The molecule has 0 amide bonds. The summed E-state index contributed by atoms with van der Waals surface area (Å²) in [6, 6.07) is 0. The maximum absolute atomic E-state index is 4.30. The molecule has 0 atom stereocenters. The number of hydrogen-bond donors (Lipinski definition) is 0. The highest BCUT2D eigenvalue weighted by molar-refractivity contribution is 9.08.